The van der Waals surface area contributed by atoms with E-state index >= 15 is 0 Å². The second-order valence-electron chi connectivity index (χ2n) is 4.29. The van der Waals surface area contributed by atoms with Gasteiger partial charge in [-0.1, -0.05) is 6.07 Å². The van der Waals surface area contributed by atoms with Crippen LogP contribution in [0.3, 0.4) is 0 Å². The van der Waals surface area contributed by atoms with Gasteiger partial charge in [0.05, 0.1) is 24.3 Å². The minimum absolute atomic E-state index is 0.209. The number of esters is 1. The van der Waals surface area contributed by atoms with Crippen LogP contribution in [-0.2, 0) is 16.0 Å². The molecule has 92 valence electrons. The SMILES string of the molecule is CCOC(=O)[C@H]1CCc2cccnc2[C@@H](O)C1. The van der Waals surface area contributed by atoms with Crippen molar-refractivity contribution >= 4 is 5.97 Å². The van der Waals surface area contributed by atoms with Gasteiger partial charge in [0.25, 0.3) is 0 Å². The first-order valence-electron chi connectivity index (χ1n) is 6.01. The third kappa shape index (κ3) is 2.64. The Hall–Kier alpha value is -1.42. The maximum Gasteiger partial charge on any atom is 0.309 e. The molecule has 17 heavy (non-hydrogen) atoms. The quantitative estimate of drug-likeness (QED) is 0.625. The van der Waals surface area contributed by atoms with Gasteiger partial charge in [-0.25, -0.2) is 0 Å². The number of carbonyl (C=O) groups is 1. The third-order valence-electron chi connectivity index (χ3n) is 3.13. The van der Waals surface area contributed by atoms with Crippen molar-refractivity contribution in [3.05, 3.63) is 29.6 Å². The van der Waals surface area contributed by atoms with E-state index in [9.17, 15) is 9.90 Å². The summed E-state index contributed by atoms with van der Waals surface area (Å²) in [6, 6.07) is 3.81. The maximum atomic E-state index is 11.7. The zero-order valence-electron chi connectivity index (χ0n) is 9.93. The molecule has 2 atom stereocenters. The highest BCUT2D eigenvalue weighted by Gasteiger charge is 2.29. The van der Waals surface area contributed by atoms with Gasteiger partial charge < -0.3 is 9.84 Å². The number of aliphatic hydroxyl groups excluding tert-OH is 1. The van der Waals surface area contributed by atoms with E-state index in [0.29, 0.717) is 25.1 Å². The van der Waals surface area contributed by atoms with Crippen LogP contribution in [0.5, 0.6) is 0 Å². The van der Waals surface area contributed by atoms with Gasteiger partial charge in [0.1, 0.15) is 0 Å². The molecule has 2 rings (SSSR count). The summed E-state index contributed by atoms with van der Waals surface area (Å²) in [5.74, 6) is -0.432. The highest BCUT2D eigenvalue weighted by atomic mass is 16.5. The number of hydrogen-bond acceptors (Lipinski definition) is 4. The van der Waals surface area contributed by atoms with Crippen LogP contribution in [0.1, 0.15) is 37.1 Å². The van der Waals surface area contributed by atoms with Gasteiger partial charge in [-0.3, -0.25) is 9.78 Å². The molecule has 1 N–H and O–H groups in total. The van der Waals surface area contributed by atoms with Crippen molar-refractivity contribution in [2.24, 2.45) is 5.92 Å². The summed E-state index contributed by atoms with van der Waals surface area (Å²) < 4.78 is 5.01. The molecule has 1 aromatic heterocycles. The van der Waals surface area contributed by atoms with Gasteiger partial charge in [-0.2, -0.15) is 0 Å². The molecule has 0 saturated carbocycles. The Labute approximate surface area is 101 Å². The fourth-order valence-corrected chi connectivity index (χ4v) is 2.27. The van der Waals surface area contributed by atoms with Crippen molar-refractivity contribution in [1.29, 1.82) is 0 Å². The molecular weight excluding hydrogens is 218 g/mol. The third-order valence-corrected chi connectivity index (χ3v) is 3.13. The zero-order valence-corrected chi connectivity index (χ0v) is 9.93. The lowest BCUT2D eigenvalue weighted by Crippen LogP contribution is -2.19. The topological polar surface area (TPSA) is 59.4 Å². The molecule has 0 saturated heterocycles. The van der Waals surface area contributed by atoms with Crippen molar-refractivity contribution < 1.29 is 14.6 Å². The van der Waals surface area contributed by atoms with E-state index in [0.717, 1.165) is 12.0 Å². The van der Waals surface area contributed by atoms with Gasteiger partial charge in [0.15, 0.2) is 0 Å². The number of aryl methyl sites for hydroxylation is 1. The molecule has 1 heterocycles. The van der Waals surface area contributed by atoms with Crippen molar-refractivity contribution in [1.82, 2.24) is 4.98 Å². The first-order chi connectivity index (χ1) is 8.22. The zero-order chi connectivity index (χ0) is 12.3. The van der Waals surface area contributed by atoms with Crippen LogP contribution in [0.25, 0.3) is 0 Å². The summed E-state index contributed by atoms with van der Waals surface area (Å²) in [6.07, 6.45) is 2.90. The van der Waals surface area contributed by atoms with Crippen LogP contribution >= 0.6 is 0 Å². The average Bonchev–Trinajstić information content (AvgIpc) is 2.50. The van der Waals surface area contributed by atoms with E-state index in [4.69, 9.17) is 4.74 Å². The Morgan fingerprint density at radius 2 is 2.47 bits per heavy atom. The lowest BCUT2D eigenvalue weighted by molar-refractivity contribution is -0.149. The van der Waals surface area contributed by atoms with Crippen molar-refractivity contribution in [3.8, 4) is 0 Å². The van der Waals surface area contributed by atoms with Gasteiger partial charge in [0, 0.05) is 6.20 Å². The first kappa shape index (κ1) is 12.0. The second-order valence-corrected chi connectivity index (χ2v) is 4.29. The van der Waals surface area contributed by atoms with Gasteiger partial charge in [0.2, 0.25) is 0 Å². The smallest absolute Gasteiger partial charge is 0.309 e. The summed E-state index contributed by atoms with van der Waals surface area (Å²) in [5.41, 5.74) is 1.74. The normalized spacial score (nSPS) is 23.6. The Morgan fingerprint density at radius 3 is 3.24 bits per heavy atom. The molecule has 0 bridgehead atoms. The molecule has 0 fully saturated rings. The number of nitrogens with zero attached hydrogens (tertiary/aromatic N) is 1. The highest BCUT2D eigenvalue weighted by molar-refractivity contribution is 5.72. The molecule has 0 aromatic carbocycles. The summed E-state index contributed by atoms with van der Waals surface area (Å²) in [6.45, 7) is 2.18. The van der Waals surface area contributed by atoms with Gasteiger partial charge in [-0.15, -0.1) is 0 Å². The van der Waals surface area contributed by atoms with Gasteiger partial charge in [-0.05, 0) is 37.8 Å². The Balaban J connectivity index is 2.14. The number of fused-ring (bicyclic) bond motifs is 1. The number of pyridine rings is 1. The molecular formula is C13H17NO3. The number of rotatable bonds is 2. The summed E-state index contributed by atoms with van der Waals surface area (Å²) in [7, 11) is 0. The molecule has 1 aliphatic rings. The molecule has 4 heteroatoms. The second kappa shape index (κ2) is 5.27. The minimum Gasteiger partial charge on any atom is -0.466 e. The van der Waals surface area contributed by atoms with E-state index in [1.165, 1.54) is 0 Å². The van der Waals surface area contributed by atoms with Crippen LogP contribution < -0.4 is 0 Å². The fraction of sp³-hybridized carbons (Fsp3) is 0.538. The molecule has 1 aliphatic carbocycles. The van der Waals surface area contributed by atoms with Gasteiger partial charge >= 0.3 is 5.97 Å². The Kier molecular flexibility index (Phi) is 3.74. The number of aliphatic hydroxyl groups is 1. The van der Waals surface area contributed by atoms with E-state index in [1.54, 1.807) is 13.1 Å². The summed E-state index contributed by atoms with van der Waals surface area (Å²) in [4.78, 5) is 15.9. The largest absolute Gasteiger partial charge is 0.466 e. The number of carbonyl (C=O) groups excluding carboxylic acids is 1. The van der Waals surface area contributed by atoms with E-state index in [2.05, 4.69) is 4.98 Å². The van der Waals surface area contributed by atoms with E-state index < -0.39 is 6.10 Å². The predicted octanol–water partition coefficient (Wildman–Crippen LogP) is 1.63. The van der Waals surface area contributed by atoms with Crippen LogP contribution in [0, 0.1) is 5.92 Å². The standard InChI is InChI=1S/C13H17NO3/c1-2-17-13(16)10-6-5-9-4-3-7-14-12(9)11(15)8-10/h3-4,7,10-11,15H,2,5-6,8H2,1H3/t10-,11-/m0/s1. The first-order valence-corrected chi connectivity index (χ1v) is 6.01. The van der Waals surface area contributed by atoms with Crippen LogP contribution in [-0.4, -0.2) is 22.7 Å². The van der Waals surface area contributed by atoms with Crippen molar-refractivity contribution in [2.75, 3.05) is 6.61 Å². The lowest BCUT2D eigenvalue weighted by Gasteiger charge is -2.14. The Morgan fingerprint density at radius 1 is 1.65 bits per heavy atom. The van der Waals surface area contributed by atoms with E-state index in [-0.39, 0.29) is 11.9 Å². The molecule has 0 unspecified atom stereocenters. The maximum absolute atomic E-state index is 11.7. The van der Waals surface area contributed by atoms with Crippen LogP contribution in [0.4, 0.5) is 0 Å². The predicted molar refractivity (Wildman–Crippen MR) is 62.3 cm³/mol. The monoisotopic (exact) mass is 235 g/mol. The minimum atomic E-state index is -0.664. The number of aromatic nitrogens is 1. The average molecular weight is 235 g/mol. The van der Waals surface area contributed by atoms with E-state index in [1.807, 2.05) is 12.1 Å². The Bertz CT molecular complexity index is 405. The van der Waals surface area contributed by atoms with Crippen LogP contribution in [0.15, 0.2) is 18.3 Å². The number of hydrogen-bond donors (Lipinski definition) is 1. The molecule has 4 nitrogen and oxygen atoms in total. The van der Waals surface area contributed by atoms with Crippen molar-refractivity contribution in [2.45, 2.75) is 32.3 Å². The molecule has 0 radical (unpaired) electrons. The molecule has 0 spiro atoms. The summed E-state index contributed by atoms with van der Waals surface area (Å²) >= 11 is 0. The number of ether oxygens (including phenoxy) is 1. The lowest BCUT2D eigenvalue weighted by atomic mass is 9.99. The molecule has 1 aromatic rings. The van der Waals surface area contributed by atoms with Crippen molar-refractivity contribution in [3.63, 3.8) is 0 Å². The summed E-state index contributed by atoms with van der Waals surface area (Å²) in [5, 5.41) is 10.1. The fourth-order valence-electron chi connectivity index (χ4n) is 2.27. The molecule has 0 aliphatic heterocycles. The highest BCUT2D eigenvalue weighted by Crippen LogP contribution is 2.30. The molecule has 0 amide bonds. The van der Waals surface area contributed by atoms with Crippen LogP contribution in [0.2, 0.25) is 0 Å².